The molecule has 0 spiro atoms. The number of carbonyl (C=O) groups excluding carboxylic acids is 1. The van der Waals surface area contributed by atoms with E-state index in [0.29, 0.717) is 5.56 Å². The first-order chi connectivity index (χ1) is 8.70. The van der Waals surface area contributed by atoms with Gasteiger partial charge in [-0.15, -0.1) is 0 Å². The van der Waals surface area contributed by atoms with Crippen LogP contribution in [0.25, 0.3) is 0 Å². The molecular formula is C12H15ClN2O4. The number of alkyl carbamates (subject to hydrolysis) is 1. The van der Waals surface area contributed by atoms with E-state index < -0.39 is 16.6 Å². The normalized spacial score (nSPS) is 10.9. The molecule has 0 bridgehead atoms. The number of ether oxygens (including phenoxy) is 1. The molecule has 104 valence electrons. The summed E-state index contributed by atoms with van der Waals surface area (Å²) in [6.07, 6.45) is -0.637. The number of para-hydroxylation sites is 1. The first-order valence-corrected chi connectivity index (χ1v) is 5.97. The van der Waals surface area contributed by atoms with Crippen LogP contribution in [0.2, 0.25) is 5.02 Å². The van der Waals surface area contributed by atoms with Crippen molar-refractivity contribution in [2.75, 3.05) is 0 Å². The van der Waals surface area contributed by atoms with Gasteiger partial charge in [-0.1, -0.05) is 23.7 Å². The Morgan fingerprint density at radius 3 is 2.63 bits per heavy atom. The molecular weight excluding hydrogens is 272 g/mol. The zero-order valence-corrected chi connectivity index (χ0v) is 11.7. The van der Waals surface area contributed by atoms with Crippen LogP contribution in [0.4, 0.5) is 10.5 Å². The number of nitro groups is 1. The number of amides is 1. The van der Waals surface area contributed by atoms with Gasteiger partial charge < -0.3 is 10.1 Å². The quantitative estimate of drug-likeness (QED) is 0.683. The first-order valence-electron chi connectivity index (χ1n) is 5.59. The molecule has 7 heteroatoms. The van der Waals surface area contributed by atoms with Crippen LogP contribution in [0.1, 0.15) is 26.3 Å². The second-order valence-corrected chi connectivity index (χ2v) is 5.27. The van der Waals surface area contributed by atoms with E-state index >= 15 is 0 Å². The summed E-state index contributed by atoms with van der Waals surface area (Å²) in [5.41, 5.74) is -0.506. The minimum Gasteiger partial charge on any atom is -0.444 e. The fourth-order valence-electron chi connectivity index (χ4n) is 1.39. The molecule has 0 radical (unpaired) electrons. The fourth-order valence-corrected chi connectivity index (χ4v) is 1.65. The highest BCUT2D eigenvalue weighted by Gasteiger charge is 2.20. The van der Waals surface area contributed by atoms with Crippen molar-refractivity contribution in [1.29, 1.82) is 0 Å². The number of nitrogens with one attached hydrogen (secondary N) is 1. The van der Waals surface area contributed by atoms with Crippen molar-refractivity contribution >= 4 is 23.4 Å². The van der Waals surface area contributed by atoms with Crippen LogP contribution in [0.5, 0.6) is 0 Å². The molecule has 19 heavy (non-hydrogen) atoms. The zero-order valence-electron chi connectivity index (χ0n) is 10.9. The zero-order chi connectivity index (χ0) is 14.6. The minimum absolute atomic E-state index is 0.0220. The Morgan fingerprint density at radius 1 is 1.47 bits per heavy atom. The van der Waals surface area contributed by atoms with Gasteiger partial charge in [0, 0.05) is 0 Å². The predicted molar refractivity (Wildman–Crippen MR) is 71.2 cm³/mol. The lowest BCUT2D eigenvalue weighted by molar-refractivity contribution is -0.385. The number of nitro benzene ring substituents is 1. The van der Waals surface area contributed by atoms with Crippen molar-refractivity contribution in [3.8, 4) is 0 Å². The second-order valence-electron chi connectivity index (χ2n) is 4.86. The summed E-state index contributed by atoms with van der Waals surface area (Å²) in [4.78, 5) is 21.8. The molecule has 1 amide bonds. The summed E-state index contributed by atoms with van der Waals surface area (Å²) >= 11 is 5.76. The Labute approximate surface area is 115 Å². The monoisotopic (exact) mass is 286 g/mol. The van der Waals surface area contributed by atoms with E-state index in [1.165, 1.54) is 12.1 Å². The third kappa shape index (κ3) is 4.75. The molecule has 0 atom stereocenters. The molecule has 0 aromatic heterocycles. The van der Waals surface area contributed by atoms with Crippen molar-refractivity contribution in [3.05, 3.63) is 38.9 Å². The summed E-state index contributed by atoms with van der Waals surface area (Å²) in [6.45, 7) is 5.17. The molecule has 1 N–H and O–H groups in total. The Kier molecular flexibility index (Phi) is 4.72. The van der Waals surface area contributed by atoms with Crippen LogP contribution < -0.4 is 5.32 Å². The van der Waals surface area contributed by atoms with Crippen molar-refractivity contribution < 1.29 is 14.5 Å². The maximum Gasteiger partial charge on any atom is 0.407 e. The molecule has 0 heterocycles. The van der Waals surface area contributed by atoms with Gasteiger partial charge in [-0.3, -0.25) is 10.1 Å². The lowest BCUT2D eigenvalue weighted by atomic mass is 10.2. The maximum absolute atomic E-state index is 11.5. The van der Waals surface area contributed by atoms with E-state index in [2.05, 4.69) is 5.32 Å². The molecule has 0 saturated heterocycles. The lowest BCUT2D eigenvalue weighted by Gasteiger charge is -2.19. The maximum atomic E-state index is 11.5. The van der Waals surface area contributed by atoms with Gasteiger partial charge in [-0.25, -0.2) is 4.79 Å². The number of hydrogen-bond donors (Lipinski definition) is 1. The minimum atomic E-state index is -0.637. The molecule has 0 aliphatic carbocycles. The van der Waals surface area contributed by atoms with E-state index in [1.807, 2.05) is 0 Å². The molecule has 0 aliphatic heterocycles. The van der Waals surface area contributed by atoms with Crippen molar-refractivity contribution in [2.24, 2.45) is 0 Å². The van der Waals surface area contributed by atoms with Gasteiger partial charge in [0.25, 0.3) is 5.69 Å². The highest BCUT2D eigenvalue weighted by Crippen LogP contribution is 2.28. The van der Waals surface area contributed by atoms with Crippen LogP contribution in [-0.2, 0) is 11.3 Å². The molecule has 1 rings (SSSR count). The van der Waals surface area contributed by atoms with Crippen molar-refractivity contribution in [1.82, 2.24) is 5.32 Å². The average Bonchev–Trinajstić information content (AvgIpc) is 2.23. The van der Waals surface area contributed by atoms with Crippen LogP contribution in [-0.4, -0.2) is 16.6 Å². The van der Waals surface area contributed by atoms with E-state index in [0.717, 1.165) is 0 Å². The lowest BCUT2D eigenvalue weighted by Crippen LogP contribution is -2.32. The smallest absolute Gasteiger partial charge is 0.407 e. The molecule has 1 aromatic carbocycles. The van der Waals surface area contributed by atoms with E-state index in [1.54, 1.807) is 26.8 Å². The van der Waals surface area contributed by atoms with Crippen LogP contribution in [0.3, 0.4) is 0 Å². The Bertz CT molecular complexity index is 497. The van der Waals surface area contributed by atoms with Gasteiger partial charge in [0.15, 0.2) is 0 Å². The topological polar surface area (TPSA) is 81.5 Å². The molecule has 1 aromatic rings. The number of rotatable bonds is 3. The van der Waals surface area contributed by atoms with Gasteiger partial charge in [-0.05, 0) is 26.8 Å². The predicted octanol–water partition coefficient (Wildman–Crippen LogP) is 3.27. The molecule has 0 aliphatic rings. The Balaban J connectivity index is 2.76. The largest absolute Gasteiger partial charge is 0.444 e. The number of benzene rings is 1. The summed E-state index contributed by atoms with van der Waals surface area (Å²) < 4.78 is 5.04. The fraction of sp³-hybridized carbons (Fsp3) is 0.417. The Morgan fingerprint density at radius 2 is 2.11 bits per heavy atom. The summed E-state index contributed by atoms with van der Waals surface area (Å²) in [5.74, 6) is 0. The number of carbonyl (C=O) groups is 1. The van der Waals surface area contributed by atoms with E-state index in [-0.39, 0.29) is 17.3 Å². The summed E-state index contributed by atoms with van der Waals surface area (Å²) in [6, 6.07) is 4.54. The average molecular weight is 287 g/mol. The highest BCUT2D eigenvalue weighted by atomic mass is 35.5. The van der Waals surface area contributed by atoms with Crippen LogP contribution >= 0.6 is 11.6 Å². The second kappa shape index (κ2) is 5.88. The van der Waals surface area contributed by atoms with Crippen molar-refractivity contribution in [2.45, 2.75) is 32.9 Å². The van der Waals surface area contributed by atoms with Crippen LogP contribution in [0, 0.1) is 10.1 Å². The Hall–Kier alpha value is -1.82. The molecule has 0 fully saturated rings. The molecule has 6 nitrogen and oxygen atoms in total. The van der Waals surface area contributed by atoms with Crippen molar-refractivity contribution in [3.63, 3.8) is 0 Å². The molecule has 0 unspecified atom stereocenters. The number of nitrogens with zero attached hydrogens (tertiary/aromatic N) is 1. The van der Waals surface area contributed by atoms with Gasteiger partial charge >= 0.3 is 6.09 Å². The van der Waals surface area contributed by atoms with E-state index in [4.69, 9.17) is 16.3 Å². The number of hydrogen-bond acceptors (Lipinski definition) is 4. The third-order valence-corrected chi connectivity index (χ3v) is 2.38. The van der Waals surface area contributed by atoms with E-state index in [9.17, 15) is 14.9 Å². The SMILES string of the molecule is CC(C)(C)OC(=O)NCc1cccc(Cl)c1[N+](=O)[O-]. The summed E-state index contributed by atoms with van der Waals surface area (Å²) in [5, 5.41) is 13.4. The van der Waals surface area contributed by atoms with Gasteiger partial charge in [0.05, 0.1) is 17.0 Å². The summed E-state index contributed by atoms with van der Waals surface area (Å²) in [7, 11) is 0. The van der Waals surface area contributed by atoms with Gasteiger partial charge in [0.2, 0.25) is 0 Å². The highest BCUT2D eigenvalue weighted by molar-refractivity contribution is 6.32. The van der Waals surface area contributed by atoms with Crippen LogP contribution in [0.15, 0.2) is 18.2 Å². The van der Waals surface area contributed by atoms with Gasteiger partial charge in [0.1, 0.15) is 10.6 Å². The molecule has 0 saturated carbocycles. The first kappa shape index (κ1) is 15.2. The standard InChI is InChI=1S/C12H15ClN2O4/c1-12(2,3)19-11(16)14-7-8-5-4-6-9(13)10(8)15(17)18/h4-6H,7H2,1-3H3,(H,14,16). The number of halogens is 1. The third-order valence-electron chi connectivity index (χ3n) is 2.07. The van der Waals surface area contributed by atoms with Gasteiger partial charge in [-0.2, -0.15) is 0 Å².